The molecule has 1 fully saturated rings. The fraction of sp³-hybridized carbons (Fsp3) is 0.474. The maximum Gasteiger partial charge on any atom is 0.359 e. The Labute approximate surface area is 157 Å². The van der Waals surface area contributed by atoms with Crippen molar-refractivity contribution in [1.29, 1.82) is 0 Å². The number of pyridine rings is 1. The summed E-state index contributed by atoms with van der Waals surface area (Å²) in [6, 6.07) is 3.26. The molecule has 0 aliphatic heterocycles. The number of amides is 3. The summed E-state index contributed by atoms with van der Waals surface area (Å²) in [5.41, 5.74) is 1.74. The standard InChI is InChI=1S/C19H24N4O4/c1-12-8-9-23-11-15(21-16(23)10-12)18(25)27-13(2)17(24)22-19(26)20-14-6-4-3-5-7-14/h8-11,13-14H,3-7H2,1-2H3,(H2,20,22,24,26). The summed E-state index contributed by atoms with van der Waals surface area (Å²) >= 11 is 0. The molecule has 3 rings (SSSR count). The fourth-order valence-electron chi connectivity index (χ4n) is 3.14. The Morgan fingerprint density at radius 3 is 2.74 bits per heavy atom. The molecule has 1 aliphatic rings. The Balaban J connectivity index is 1.53. The highest BCUT2D eigenvalue weighted by Crippen LogP contribution is 2.17. The third-order valence-electron chi connectivity index (χ3n) is 4.66. The molecule has 2 heterocycles. The first-order valence-corrected chi connectivity index (χ1v) is 9.20. The van der Waals surface area contributed by atoms with Gasteiger partial charge in [-0.2, -0.15) is 0 Å². The number of urea groups is 1. The molecule has 0 radical (unpaired) electrons. The van der Waals surface area contributed by atoms with Crippen LogP contribution in [0.4, 0.5) is 4.79 Å². The molecule has 0 bridgehead atoms. The van der Waals surface area contributed by atoms with Crippen LogP contribution in [0, 0.1) is 6.92 Å². The van der Waals surface area contributed by atoms with Gasteiger partial charge >= 0.3 is 12.0 Å². The largest absolute Gasteiger partial charge is 0.448 e. The van der Waals surface area contributed by atoms with Gasteiger partial charge in [-0.15, -0.1) is 0 Å². The molecule has 2 aromatic rings. The number of hydrogen-bond acceptors (Lipinski definition) is 5. The van der Waals surface area contributed by atoms with E-state index in [4.69, 9.17) is 4.74 Å². The number of aromatic nitrogens is 2. The Hall–Kier alpha value is -2.90. The predicted octanol–water partition coefficient (Wildman–Crippen LogP) is 2.35. The quantitative estimate of drug-likeness (QED) is 0.802. The highest BCUT2D eigenvalue weighted by atomic mass is 16.5. The molecule has 1 unspecified atom stereocenters. The second kappa shape index (κ2) is 8.20. The van der Waals surface area contributed by atoms with Crippen molar-refractivity contribution in [1.82, 2.24) is 20.0 Å². The van der Waals surface area contributed by atoms with Crippen molar-refractivity contribution in [3.8, 4) is 0 Å². The molecule has 2 aromatic heterocycles. The minimum atomic E-state index is -1.11. The lowest BCUT2D eigenvalue weighted by Crippen LogP contribution is -2.48. The summed E-state index contributed by atoms with van der Waals surface area (Å²) in [6.07, 6.45) is 7.38. The van der Waals surface area contributed by atoms with Crippen LogP contribution < -0.4 is 10.6 Å². The van der Waals surface area contributed by atoms with Gasteiger partial charge in [-0.05, 0) is 44.4 Å². The number of fused-ring (bicyclic) bond motifs is 1. The van der Waals surface area contributed by atoms with Gasteiger partial charge in [-0.3, -0.25) is 10.1 Å². The summed E-state index contributed by atoms with van der Waals surface area (Å²) in [5, 5.41) is 5.01. The third kappa shape index (κ3) is 4.84. The number of carbonyl (C=O) groups excluding carboxylic acids is 3. The van der Waals surface area contributed by atoms with Crippen molar-refractivity contribution in [3.63, 3.8) is 0 Å². The molecule has 1 aliphatic carbocycles. The monoisotopic (exact) mass is 372 g/mol. The maximum atomic E-state index is 12.2. The van der Waals surface area contributed by atoms with Crippen LogP contribution in [0.5, 0.6) is 0 Å². The topological polar surface area (TPSA) is 102 Å². The molecular formula is C19H24N4O4. The van der Waals surface area contributed by atoms with E-state index in [-0.39, 0.29) is 11.7 Å². The van der Waals surface area contributed by atoms with Gasteiger partial charge in [0.05, 0.1) is 0 Å². The normalized spacial score (nSPS) is 15.9. The SMILES string of the molecule is Cc1ccn2cc(C(=O)OC(C)C(=O)NC(=O)NC3CCCCC3)nc2c1. The van der Waals surface area contributed by atoms with Gasteiger partial charge in [0.25, 0.3) is 5.91 Å². The Morgan fingerprint density at radius 1 is 1.26 bits per heavy atom. The van der Waals surface area contributed by atoms with E-state index in [9.17, 15) is 14.4 Å². The molecule has 3 amide bonds. The molecule has 8 heteroatoms. The van der Waals surface area contributed by atoms with Gasteiger partial charge in [0, 0.05) is 18.4 Å². The van der Waals surface area contributed by atoms with Gasteiger partial charge in [-0.25, -0.2) is 14.6 Å². The van der Waals surface area contributed by atoms with E-state index < -0.39 is 24.0 Å². The van der Waals surface area contributed by atoms with Crippen molar-refractivity contribution < 1.29 is 19.1 Å². The van der Waals surface area contributed by atoms with Crippen molar-refractivity contribution in [2.24, 2.45) is 0 Å². The second-order valence-corrected chi connectivity index (χ2v) is 6.94. The number of aryl methyl sites for hydroxylation is 1. The molecule has 2 N–H and O–H groups in total. The van der Waals surface area contributed by atoms with Gasteiger partial charge in [0.2, 0.25) is 0 Å². The number of ether oxygens (including phenoxy) is 1. The number of nitrogens with one attached hydrogen (secondary N) is 2. The maximum absolute atomic E-state index is 12.2. The van der Waals surface area contributed by atoms with E-state index in [1.54, 1.807) is 10.6 Å². The number of rotatable bonds is 4. The molecule has 0 aromatic carbocycles. The van der Waals surface area contributed by atoms with E-state index in [1.807, 2.05) is 19.1 Å². The first-order chi connectivity index (χ1) is 12.9. The molecule has 1 saturated carbocycles. The summed E-state index contributed by atoms with van der Waals surface area (Å²) in [5.74, 6) is -1.39. The fourth-order valence-corrected chi connectivity index (χ4v) is 3.14. The van der Waals surface area contributed by atoms with Gasteiger partial charge in [-0.1, -0.05) is 19.3 Å². The predicted molar refractivity (Wildman–Crippen MR) is 98.4 cm³/mol. The van der Waals surface area contributed by atoms with Crippen LogP contribution in [-0.4, -0.2) is 39.4 Å². The lowest BCUT2D eigenvalue weighted by molar-refractivity contribution is -0.127. The van der Waals surface area contributed by atoms with Crippen LogP contribution in [0.25, 0.3) is 5.65 Å². The molecule has 1 atom stereocenters. The zero-order valence-electron chi connectivity index (χ0n) is 15.5. The van der Waals surface area contributed by atoms with Crippen molar-refractivity contribution >= 4 is 23.6 Å². The summed E-state index contributed by atoms with van der Waals surface area (Å²) in [7, 11) is 0. The summed E-state index contributed by atoms with van der Waals surface area (Å²) < 4.78 is 6.84. The smallest absolute Gasteiger partial charge is 0.359 e. The number of carbonyl (C=O) groups is 3. The van der Waals surface area contributed by atoms with Crippen LogP contribution in [0.2, 0.25) is 0 Å². The molecule has 27 heavy (non-hydrogen) atoms. The lowest BCUT2D eigenvalue weighted by Gasteiger charge is -2.23. The van der Waals surface area contributed by atoms with Crippen LogP contribution in [0.1, 0.15) is 55.1 Å². The summed E-state index contributed by atoms with van der Waals surface area (Å²) in [4.78, 5) is 40.5. The van der Waals surface area contributed by atoms with E-state index in [0.717, 1.165) is 31.2 Å². The van der Waals surface area contributed by atoms with E-state index >= 15 is 0 Å². The highest BCUT2D eigenvalue weighted by molar-refractivity contribution is 5.98. The molecule has 0 spiro atoms. The van der Waals surface area contributed by atoms with Crippen LogP contribution in [0.15, 0.2) is 24.5 Å². The minimum absolute atomic E-state index is 0.0887. The number of imide groups is 1. The first-order valence-electron chi connectivity index (χ1n) is 9.20. The average molecular weight is 372 g/mol. The average Bonchev–Trinajstić information content (AvgIpc) is 3.05. The molecular weight excluding hydrogens is 348 g/mol. The van der Waals surface area contributed by atoms with Crippen LogP contribution >= 0.6 is 0 Å². The zero-order valence-corrected chi connectivity index (χ0v) is 15.5. The Bertz CT molecular complexity index is 855. The number of hydrogen-bond donors (Lipinski definition) is 2. The Morgan fingerprint density at radius 2 is 2.00 bits per heavy atom. The lowest BCUT2D eigenvalue weighted by atomic mass is 9.96. The molecule has 0 saturated heterocycles. The molecule has 8 nitrogen and oxygen atoms in total. The third-order valence-corrected chi connectivity index (χ3v) is 4.66. The number of nitrogens with zero attached hydrogens (tertiary/aromatic N) is 2. The van der Waals surface area contributed by atoms with Gasteiger partial charge in [0.1, 0.15) is 5.65 Å². The van der Waals surface area contributed by atoms with Gasteiger partial charge in [0.15, 0.2) is 11.8 Å². The van der Waals surface area contributed by atoms with Crippen molar-refractivity contribution in [2.45, 2.75) is 58.1 Å². The van der Waals surface area contributed by atoms with Crippen molar-refractivity contribution in [3.05, 3.63) is 35.8 Å². The van der Waals surface area contributed by atoms with E-state index in [0.29, 0.717) is 5.65 Å². The number of esters is 1. The Kier molecular flexibility index (Phi) is 5.73. The van der Waals surface area contributed by atoms with E-state index in [2.05, 4.69) is 15.6 Å². The van der Waals surface area contributed by atoms with Crippen LogP contribution in [0.3, 0.4) is 0 Å². The van der Waals surface area contributed by atoms with Crippen molar-refractivity contribution in [2.75, 3.05) is 0 Å². The molecule has 144 valence electrons. The number of imidazole rings is 1. The summed E-state index contributed by atoms with van der Waals surface area (Å²) in [6.45, 7) is 3.35. The second-order valence-electron chi connectivity index (χ2n) is 6.94. The minimum Gasteiger partial charge on any atom is -0.448 e. The first kappa shape index (κ1) is 18.9. The van der Waals surface area contributed by atoms with E-state index in [1.165, 1.54) is 19.5 Å². The van der Waals surface area contributed by atoms with Gasteiger partial charge < -0.3 is 14.5 Å². The van der Waals surface area contributed by atoms with Crippen LogP contribution in [-0.2, 0) is 9.53 Å². The highest BCUT2D eigenvalue weighted by Gasteiger charge is 2.23. The zero-order chi connectivity index (χ0) is 19.4.